The molecule has 110 valence electrons. The number of hydrogen-bond donors (Lipinski definition) is 1. The summed E-state index contributed by atoms with van der Waals surface area (Å²) >= 11 is 3.06. The summed E-state index contributed by atoms with van der Waals surface area (Å²) in [4.78, 5) is 11.1. The Morgan fingerprint density at radius 1 is 1.29 bits per heavy atom. The van der Waals surface area contributed by atoms with Gasteiger partial charge in [0.2, 0.25) is 0 Å². The van der Waals surface area contributed by atoms with Gasteiger partial charge in [-0.25, -0.2) is 9.18 Å². The number of ether oxygens (including phenoxy) is 2. The molecule has 0 atom stereocenters. The fourth-order valence-corrected chi connectivity index (χ4v) is 1.99. The monoisotopic (exact) mass is 354 g/mol. The third kappa shape index (κ3) is 3.72. The second-order valence-electron chi connectivity index (χ2n) is 4.20. The Morgan fingerprint density at radius 3 is 2.67 bits per heavy atom. The van der Waals surface area contributed by atoms with E-state index in [2.05, 4.69) is 15.9 Å². The zero-order valence-corrected chi connectivity index (χ0v) is 12.7. The van der Waals surface area contributed by atoms with Crippen LogP contribution in [-0.2, 0) is 6.61 Å². The molecular formula is C15H12BrFO4. The van der Waals surface area contributed by atoms with Gasteiger partial charge in [-0.1, -0.05) is 6.07 Å². The molecule has 0 aliphatic heterocycles. The number of carboxylic acids is 1. The van der Waals surface area contributed by atoms with Gasteiger partial charge in [0, 0.05) is 6.07 Å². The van der Waals surface area contributed by atoms with Crippen LogP contribution in [0.5, 0.6) is 11.5 Å². The summed E-state index contributed by atoms with van der Waals surface area (Å²) in [6.45, 7) is 0.130. The van der Waals surface area contributed by atoms with Gasteiger partial charge in [0.15, 0.2) is 0 Å². The predicted octanol–water partition coefficient (Wildman–Crippen LogP) is 3.87. The molecule has 0 saturated carbocycles. The van der Waals surface area contributed by atoms with Crippen molar-refractivity contribution in [2.24, 2.45) is 0 Å². The highest BCUT2D eigenvalue weighted by molar-refractivity contribution is 9.10. The van der Waals surface area contributed by atoms with E-state index in [9.17, 15) is 9.18 Å². The van der Waals surface area contributed by atoms with E-state index in [-0.39, 0.29) is 17.9 Å². The third-order valence-electron chi connectivity index (χ3n) is 2.79. The van der Waals surface area contributed by atoms with Gasteiger partial charge in [0.1, 0.15) is 29.5 Å². The molecule has 0 aromatic heterocycles. The lowest BCUT2D eigenvalue weighted by atomic mass is 10.1. The summed E-state index contributed by atoms with van der Waals surface area (Å²) in [6, 6.07) is 9.14. The summed E-state index contributed by atoms with van der Waals surface area (Å²) in [6.07, 6.45) is 0. The van der Waals surface area contributed by atoms with E-state index < -0.39 is 11.8 Å². The lowest BCUT2D eigenvalue weighted by Crippen LogP contribution is -2.03. The Labute approximate surface area is 129 Å². The van der Waals surface area contributed by atoms with Gasteiger partial charge in [-0.05, 0) is 45.8 Å². The highest BCUT2D eigenvalue weighted by Gasteiger charge is 2.12. The molecule has 0 aliphatic rings. The van der Waals surface area contributed by atoms with Gasteiger partial charge in [-0.3, -0.25) is 0 Å². The fraction of sp³-hybridized carbons (Fsp3) is 0.133. The largest absolute Gasteiger partial charge is 0.496 e. The third-order valence-corrected chi connectivity index (χ3v) is 3.43. The van der Waals surface area contributed by atoms with Crippen LogP contribution in [0.15, 0.2) is 40.9 Å². The number of aromatic carboxylic acids is 1. The molecule has 2 aromatic rings. The van der Waals surface area contributed by atoms with Gasteiger partial charge in [-0.15, -0.1) is 0 Å². The minimum atomic E-state index is -1.08. The normalized spacial score (nSPS) is 10.2. The quantitative estimate of drug-likeness (QED) is 0.885. The number of halogens is 2. The first-order valence-corrected chi connectivity index (χ1v) is 6.78. The Hall–Kier alpha value is -2.08. The van der Waals surface area contributed by atoms with E-state index in [0.717, 1.165) is 0 Å². The first-order valence-electron chi connectivity index (χ1n) is 5.99. The minimum Gasteiger partial charge on any atom is -0.496 e. The average molecular weight is 355 g/mol. The highest BCUT2D eigenvalue weighted by atomic mass is 79.9. The van der Waals surface area contributed by atoms with Crippen molar-refractivity contribution in [2.75, 3.05) is 7.11 Å². The van der Waals surface area contributed by atoms with Crippen LogP contribution in [0.25, 0.3) is 0 Å². The fourth-order valence-electron chi connectivity index (χ4n) is 1.75. The first kappa shape index (κ1) is 15.3. The smallest absolute Gasteiger partial charge is 0.339 e. The molecule has 0 unspecified atom stereocenters. The van der Waals surface area contributed by atoms with Crippen LogP contribution in [0.3, 0.4) is 0 Å². The molecule has 2 aromatic carbocycles. The Bertz CT molecular complexity index is 673. The van der Waals surface area contributed by atoms with Crippen molar-refractivity contribution in [3.63, 3.8) is 0 Å². The van der Waals surface area contributed by atoms with Gasteiger partial charge in [0.05, 0.1) is 11.6 Å². The molecule has 0 fully saturated rings. The van der Waals surface area contributed by atoms with E-state index in [1.54, 1.807) is 24.3 Å². The zero-order valence-electron chi connectivity index (χ0n) is 11.1. The van der Waals surface area contributed by atoms with Crippen LogP contribution in [0.4, 0.5) is 4.39 Å². The number of carboxylic acid groups (broad SMARTS) is 1. The van der Waals surface area contributed by atoms with Crippen LogP contribution in [0, 0.1) is 5.82 Å². The Kier molecular flexibility index (Phi) is 4.80. The Balaban J connectivity index is 2.14. The summed E-state index contributed by atoms with van der Waals surface area (Å²) in [5.74, 6) is -0.860. The van der Waals surface area contributed by atoms with Crippen LogP contribution in [0.2, 0.25) is 0 Å². The van der Waals surface area contributed by atoms with Gasteiger partial charge >= 0.3 is 5.97 Å². The number of methoxy groups -OCH3 is 1. The van der Waals surface area contributed by atoms with Gasteiger partial charge in [-0.2, -0.15) is 0 Å². The first-order chi connectivity index (χ1) is 10.0. The molecule has 4 nitrogen and oxygen atoms in total. The summed E-state index contributed by atoms with van der Waals surface area (Å²) < 4.78 is 24.1. The molecule has 0 amide bonds. The molecule has 1 N–H and O–H groups in total. The summed E-state index contributed by atoms with van der Waals surface area (Å²) in [7, 11) is 1.41. The zero-order chi connectivity index (χ0) is 15.4. The number of hydrogen-bond acceptors (Lipinski definition) is 3. The minimum absolute atomic E-state index is 0.0561. The number of carbonyl (C=O) groups is 1. The van der Waals surface area contributed by atoms with Crippen molar-refractivity contribution in [3.05, 3.63) is 57.8 Å². The molecule has 6 heteroatoms. The SMILES string of the molecule is COc1ccc(COc2ccc(Br)c(F)c2)cc1C(=O)O. The summed E-state index contributed by atoms with van der Waals surface area (Å²) in [5, 5.41) is 9.10. The van der Waals surface area contributed by atoms with Crippen LogP contribution >= 0.6 is 15.9 Å². The van der Waals surface area contributed by atoms with Crippen molar-refractivity contribution in [1.82, 2.24) is 0 Å². The standard InChI is InChI=1S/C15H12BrFO4/c1-20-14-5-2-9(6-11(14)15(18)19)8-21-10-3-4-12(16)13(17)7-10/h2-7H,8H2,1H3,(H,18,19). The average Bonchev–Trinajstić information content (AvgIpc) is 2.48. The number of rotatable bonds is 5. The molecule has 2 rings (SSSR count). The maximum atomic E-state index is 13.4. The Morgan fingerprint density at radius 2 is 2.05 bits per heavy atom. The lowest BCUT2D eigenvalue weighted by Gasteiger charge is -2.09. The topological polar surface area (TPSA) is 55.8 Å². The van der Waals surface area contributed by atoms with E-state index in [1.807, 2.05) is 0 Å². The summed E-state index contributed by atoms with van der Waals surface area (Å²) in [5.41, 5.74) is 0.706. The number of benzene rings is 2. The van der Waals surface area contributed by atoms with E-state index in [0.29, 0.717) is 15.8 Å². The van der Waals surface area contributed by atoms with E-state index >= 15 is 0 Å². The van der Waals surface area contributed by atoms with E-state index in [1.165, 1.54) is 19.2 Å². The van der Waals surface area contributed by atoms with Crippen LogP contribution < -0.4 is 9.47 Å². The van der Waals surface area contributed by atoms with Crippen molar-refractivity contribution < 1.29 is 23.8 Å². The van der Waals surface area contributed by atoms with Crippen LogP contribution in [0.1, 0.15) is 15.9 Å². The molecule has 21 heavy (non-hydrogen) atoms. The molecule has 0 bridgehead atoms. The van der Waals surface area contributed by atoms with Gasteiger partial charge in [0.25, 0.3) is 0 Å². The molecule has 0 heterocycles. The van der Waals surface area contributed by atoms with Crippen molar-refractivity contribution >= 4 is 21.9 Å². The second kappa shape index (κ2) is 6.58. The van der Waals surface area contributed by atoms with Crippen molar-refractivity contribution in [1.29, 1.82) is 0 Å². The predicted molar refractivity (Wildman–Crippen MR) is 78.4 cm³/mol. The van der Waals surface area contributed by atoms with Crippen LogP contribution in [-0.4, -0.2) is 18.2 Å². The van der Waals surface area contributed by atoms with E-state index in [4.69, 9.17) is 14.6 Å². The van der Waals surface area contributed by atoms with Crippen molar-refractivity contribution in [2.45, 2.75) is 6.61 Å². The lowest BCUT2D eigenvalue weighted by molar-refractivity contribution is 0.0693. The molecule has 0 saturated heterocycles. The maximum absolute atomic E-state index is 13.4. The molecule has 0 radical (unpaired) electrons. The van der Waals surface area contributed by atoms with Gasteiger partial charge < -0.3 is 14.6 Å². The molecule has 0 aliphatic carbocycles. The highest BCUT2D eigenvalue weighted by Crippen LogP contribution is 2.23. The molecular weight excluding hydrogens is 343 g/mol. The molecule has 0 spiro atoms. The second-order valence-corrected chi connectivity index (χ2v) is 5.06. The maximum Gasteiger partial charge on any atom is 0.339 e. The van der Waals surface area contributed by atoms with Crippen molar-refractivity contribution in [3.8, 4) is 11.5 Å².